The highest BCUT2D eigenvalue weighted by Crippen LogP contribution is 2.40. The van der Waals surface area contributed by atoms with Crippen LogP contribution in [0.5, 0.6) is 5.75 Å². The monoisotopic (exact) mass is 414 g/mol. The summed E-state index contributed by atoms with van der Waals surface area (Å²) < 4.78 is 13.8. The van der Waals surface area contributed by atoms with Crippen molar-refractivity contribution in [1.82, 2.24) is 9.47 Å². The van der Waals surface area contributed by atoms with Gasteiger partial charge in [0, 0.05) is 32.1 Å². The predicted octanol–water partition coefficient (Wildman–Crippen LogP) is 3.79. The number of nitrogens with zero attached hydrogens (tertiary/aromatic N) is 2. The van der Waals surface area contributed by atoms with Crippen molar-refractivity contribution in [2.75, 3.05) is 32.9 Å². The largest absolute Gasteiger partial charge is 0.489 e. The molecule has 0 radical (unpaired) electrons. The average Bonchev–Trinajstić information content (AvgIpc) is 3.15. The zero-order valence-corrected chi connectivity index (χ0v) is 17.7. The van der Waals surface area contributed by atoms with Crippen LogP contribution < -0.4 is 10.3 Å². The number of likely N-dealkylation sites (tertiary alicyclic amines) is 1. The molecule has 0 N–H and O–H groups in total. The third-order valence-corrected chi connectivity index (χ3v) is 6.60. The summed E-state index contributed by atoms with van der Waals surface area (Å²) in [5, 5.41) is 1.45. The number of pyridine rings is 1. The molecule has 3 aromatic rings. The van der Waals surface area contributed by atoms with E-state index in [0.717, 1.165) is 48.0 Å². The van der Waals surface area contributed by atoms with Crippen LogP contribution in [0, 0.1) is 0 Å². The number of benzene rings is 1. The highest BCUT2D eigenvalue weighted by atomic mass is 32.1. The van der Waals surface area contributed by atoms with E-state index in [1.54, 1.807) is 11.6 Å². The molecule has 1 aliphatic heterocycles. The maximum atomic E-state index is 13.3. The summed E-state index contributed by atoms with van der Waals surface area (Å²) >= 11 is 1.37. The van der Waals surface area contributed by atoms with Gasteiger partial charge in [0.05, 0.1) is 16.8 Å². The van der Waals surface area contributed by atoms with Crippen LogP contribution in [-0.4, -0.2) is 48.3 Å². The maximum Gasteiger partial charge on any atom is 0.267 e. The molecule has 0 aliphatic carbocycles. The molecule has 0 saturated carbocycles. The Morgan fingerprint density at radius 2 is 1.90 bits per heavy atom. The average molecular weight is 415 g/mol. The fraction of sp³-hybridized carbons (Fsp3) is 0.455. The fourth-order valence-electron chi connectivity index (χ4n) is 3.90. The molecule has 3 heterocycles. The first-order chi connectivity index (χ1) is 14.1. The van der Waals surface area contributed by atoms with Crippen LogP contribution in [-0.2, 0) is 11.8 Å². The molecule has 1 aliphatic rings. The Kier molecular flexibility index (Phi) is 5.87. The Morgan fingerprint density at radius 1 is 1.14 bits per heavy atom. The predicted molar refractivity (Wildman–Crippen MR) is 116 cm³/mol. The molecular formula is C22H26N2O4S. The van der Waals surface area contributed by atoms with Crippen LogP contribution in [0.1, 0.15) is 35.9 Å². The van der Waals surface area contributed by atoms with Gasteiger partial charge in [-0.15, -0.1) is 11.3 Å². The standard InChI is InChI=1S/C22H26N2O4S/c1-3-27-13-14-28-18-17-19(15-9-5-6-10-16(15)23(2)21(17)25)29-20(18)22(26)24-11-7-4-8-12-24/h5-6,9-10H,3-4,7-8,11-14H2,1-2H3. The van der Waals surface area contributed by atoms with Crippen molar-refractivity contribution in [2.45, 2.75) is 26.2 Å². The van der Waals surface area contributed by atoms with E-state index >= 15 is 0 Å². The number of hydrogen-bond acceptors (Lipinski definition) is 5. The topological polar surface area (TPSA) is 60.8 Å². The van der Waals surface area contributed by atoms with Crippen LogP contribution in [0.3, 0.4) is 0 Å². The molecule has 1 amide bonds. The number of piperidine rings is 1. The number of fused-ring (bicyclic) bond motifs is 3. The van der Waals surface area contributed by atoms with Gasteiger partial charge < -0.3 is 18.9 Å². The minimum Gasteiger partial charge on any atom is -0.489 e. The third-order valence-electron chi connectivity index (χ3n) is 5.41. The number of rotatable bonds is 6. The summed E-state index contributed by atoms with van der Waals surface area (Å²) in [6, 6.07) is 7.79. The first-order valence-corrected chi connectivity index (χ1v) is 11.0. The fourth-order valence-corrected chi connectivity index (χ4v) is 5.14. The summed E-state index contributed by atoms with van der Waals surface area (Å²) in [6.07, 6.45) is 3.18. The number of carbonyl (C=O) groups excluding carboxylic acids is 1. The molecule has 6 nitrogen and oxygen atoms in total. The van der Waals surface area contributed by atoms with Crippen LogP contribution in [0.2, 0.25) is 0 Å². The number of ether oxygens (including phenoxy) is 2. The smallest absolute Gasteiger partial charge is 0.267 e. The van der Waals surface area contributed by atoms with Crippen LogP contribution in [0.25, 0.3) is 21.0 Å². The Balaban J connectivity index is 1.88. The lowest BCUT2D eigenvalue weighted by molar-refractivity contribution is 0.0720. The maximum absolute atomic E-state index is 13.3. The SMILES string of the molecule is CCOCCOc1c(C(=O)N2CCCCC2)sc2c1c(=O)n(C)c1ccccc21. The van der Waals surface area contributed by atoms with Crippen molar-refractivity contribution in [3.05, 3.63) is 39.5 Å². The van der Waals surface area contributed by atoms with Gasteiger partial charge in [0.2, 0.25) is 0 Å². The van der Waals surface area contributed by atoms with Crippen molar-refractivity contribution < 1.29 is 14.3 Å². The molecular weight excluding hydrogens is 388 g/mol. The first-order valence-electron chi connectivity index (χ1n) is 10.2. The van der Waals surface area contributed by atoms with Crippen LogP contribution in [0.4, 0.5) is 0 Å². The second-order valence-corrected chi connectivity index (χ2v) is 8.26. The summed E-state index contributed by atoms with van der Waals surface area (Å²) in [4.78, 5) is 28.9. The van der Waals surface area contributed by atoms with Gasteiger partial charge in [-0.1, -0.05) is 18.2 Å². The minimum absolute atomic E-state index is 0.0385. The van der Waals surface area contributed by atoms with Crippen molar-refractivity contribution >= 4 is 38.2 Å². The molecule has 7 heteroatoms. The van der Waals surface area contributed by atoms with Gasteiger partial charge in [0.25, 0.3) is 11.5 Å². The number of amides is 1. The van der Waals surface area contributed by atoms with Gasteiger partial charge in [-0.05, 0) is 32.3 Å². The quantitative estimate of drug-likeness (QED) is 0.576. The Hall–Kier alpha value is -2.38. The van der Waals surface area contributed by atoms with Crippen molar-refractivity contribution in [3.8, 4) is 5.75 Å². The highest BCUT2D eigenvalue weighted by molar-refractivity contribution is 7.22. The lowest BCUT2D eigenvalue weighted by Gasteiger charge is -2.26. The van der Waals surface area contributed by atoms with Gasteiger partial charge in [0.15, 0.2) is 5.75 Å². The van der Waals surface area contributed by atoms with Crippen molar-refractivity contribution in [1.29, 1.82) is 0 Å². The zero-order chi connectivity index (χ0) is 20.4. The van der Waals surface area contributed by atoms with Gasteiger partial charge in [-0.2, -0.15) is 0 Å². The Labute approximate surface area is 173 Å². The van der Waals surface area contributed by atoms with Crippen molar-refractivity contribution in [2.24, 2.45) is 7.05 Å². The van der Waals surface area contributed by atoms with Gasteiger partial charge >= 0.3 is 0 Å². The third kappa shape index (κ3) is 3.65. The summed E-state index contributed by atoms with van der Waals surface area (Å²) in [7, 11) is 1.76. The molecule has 1 aromatic carbocycles. The highest BCUT2D eigenvalue weighted by Gasteiger charge is 2.28. The molecule has 0 atom stereocenters. The van der Waals surface area contributed by atoms with Gasteiger partial charge in [-0.25, -0.2) is 0 Å². The van der Waals surface area contributed by atoms with Gasteiger partial charge in [0.1, 0.15) is 16.9 Å². The number of carbonyl (C=O) groups is 1. The Morgan fingerprint density at radius 3 is 2.66 bits per heavy atom. The van der Waals surface area contributed by atoms with Crippen LogP contribution >= 0.6 is 11.3 Å². The normalized spacial score (nSPS) is 14.6. The molecule has 4 rings (SSSR count). The first kappa shape index (κ1) is 19.9. The van der Waals surface area contributed by atoms with Gasteiger partial charge in [-0.3, -0.25) is 9.59 Å². The summed E-state index contributed by atoms with van der Waals surface area (Å²) in [6.45, 7) is 4.75. The number of hydrogen-bond donors (Lipinski definition) is 0. The summed E-state index contributed by atoms with van der Waals surface area (Å²) in [5.74, 6) is 0.370. The van der Waals surface area contributed by atoms with E-state index in [4.69, 9.17) is 9.47 Å². The van der Waals surface area contributed by atoms with E-state index < -0.39 is 0 Å². The lowest BCUT2D eigenvalue weighted by atomic mass is 10.1. The van der Waals surface area contributed by atoms with E-state index in [1.165, 1.54) is 11.3 Å². The zero-order valence-electron chi connectivity index (χ0n) is 16.9. The molecule has 0 unspecified atom stereocenters. The second-order valence-electron chi connectivity index (χ2n) is 7.24. The molecule has 29 heavy (non-hydrogen) atoms. The number of para-hydroxylation sites is 1. The number of thiophene rings is 1. The lowest BCUT2D eigenvalue weighted by Crippen LogP contribution is -2.35. The molecule has 2 aromatic heterocycles. The number of aryl methyl sites for hydroxylation is 1. The van der Waals surface area contributed by atoms with E-state index in [0.29, 0.717) is 35.8 Å². The molecule has 1 fully saturated rings. The van der Waals surface area contributed by atoms with E-state index in [2.05, 4.69) is 0 Å². The minimum atomic E-state index is -0.140. The molecule has 154 valence electrons. The molecule has 1 saturated heterocycles. The van der Waals surface area contributed by atoms with Crippen molar-refractivity contribution in [3.63, 3.8) is 0 Å². The van der Waals surface area contributed by atoms with E-state index in [-0.39, 0.29) is 11.5 Å². The molecule has 0 spiro atoms. The number of aromatic nitrogens is 1. The van der Waals surface area contributed by atoms with E-state index in [9.17, 15) is 9.59 Å². The summed E-state index contributed by atoms with van der Waals surface area (Å²) in [5.41, 5.74) is 0.711. The molecule has 0 bridgehead atoms. The second kappa shape index (κ2) is 8.55. The Bertz CT molecular complexity index is 1100. The van der Waals surface area contributed by atoms with Crippen LogP contribution in [0.15, 0.2) is 29.1 Å². The van der Waals surface area contributed by atoms with E-state index in [1.807, 2.05) is 36.1 Å².